The molecule has 170 valence electrons. The summed E-state index contributed by atoms with van der Waals surface area (Å²) in [7, 11) is 0. The van der Waals surface area contributed by atoms with E-state index in [2.05, 4.69) is 27.1 Å². The third-order valence-corrected chi connectivity index (χ3v) is 5.43. The maximum atomic E-state index is 13.6. The molecule has 1 saturated carbocycles. The van der Waals surface area contributed by atoms with Gasteiger partial charge in [0, 0.05) is 11.6 Å². The summed E-state index contributed by atoms with van der Waals surface area (Å²) in [5.41, 5.74) is -0.981. The smallest absolute Gasteiger partial charge is 0.422 e. The van der Waals surface area contributed by atoms with E-state index in [1.54, 1.807) is 6.07 Å². The lowest BCUT2D eigenvalue weighted by molar-refractivity contribution is -0.290. The lowest BCUT2D eigenvalue weighted by Crippen LogP contribution is -2.34. The Labute approximate surface area is 179 Å². The molecule has 5 rings (SSSR count). The van der Waals surface area contributed by atoms with E-state index in [9.17, 15) is 22.0 Å². The van der Waals surface area contributed by atoms with Crippen molar-refractivity contribution in [2.45, 2.75) is 51.1 Å². The first-order chi connectivity index (χ1) is 15.2. The zero-order valence-corrected chi connectivity index (χ0v) is 17.1. The standard InChI is InChI=1S/C14H6F5N5O.C7H14/c15-13(16,14(17,18)19)9-3-1-7-2-4-10-21-8(12-23-20-6-25-12)5-24(10)11(7)22-9;1-7-5-3-2-4-6-7/h1-6H;7H,2-6H2,1H3. The third-order valence-electron chi connectivity index (χ3n) is 5.43. The van der Waals surface area contributed by atoms with Gasteiger partial charge in [0.25, 0.3) is 5.89 Å². The van der Waals surface area contributed by atoms with Gasteiger partial charge in [-0.25, -0.2) is 9.97 Å². The molecule has 0 N–H and O–H groups in total. The Hall–Kier alpha value is -3.11. The van der Waals surface area contributed by atoms with Crippen molar-refractivity contribution in [2.75, 3.05) is 0 Å². The molecule has 0 radical (unpaired) electrons. The van der Waals surface area contributed by atoms with Crippen molar-refractivity contribution in [3.05, 3.63) is 42.5 Å². The topological polar surface area (TPSA) is 69.1 Å². The molecular formula is C21H20F5N5O. The van der Waals surface area contributed by atoms with Crippen molar-refractivity contribution in [2.24, 2.45) is 5.92 Å². The summed E-state index contributed by atoms with van der Waals surface area (Å²) in [6.45, 7) is 2.36. The van der Waals surface area contributed by atoms with Crippen LogP contribution in [-0.4, -0.2) is 30.7 Å². The van der Waals surface area contributed by atoms with E-state index < -0.39 is 17.8 Å². The summed E-state index contributed by atoms with van der Waals surface area (Å²) in [5.74, 6) is -3.96. The second-order valence-corrected chi connectivity index (χ2v) is 7.86. The van der Waals surface area contributed by atoms with Gasteiger partial charge in [0.1, 0.15) is 22.7 Å². The van der Waals surface area contributed by atoms with Crippen LogP contribution in [-0.2, 0) is 5.92 Å². The van der Waals surface area contributed by atoms with Gasteiger partial charge in [0.2, 0.25) is 6.39 Å². The first kappa shape index (κ1) is 22.1. The number of alkyl halides is 5. The molecule has 32 heavy (non-hydrogen) atoms. The molecule has 0 aromatic carbocycles. The number of halogens is 5. The molecule has 4 heterocycles. The minimum atomic E-state index is -5.74. The summed E-state index contributed by atoms with van der Waals surface area (Å²) in [4.78, 5) is 7.69. The number of hydrogen-bond acceptors (Lipinski definition) is 5. The Balaban J connectivity index is 0.000000300. The molecule has 4 aromatic rings. The number of imidazole rings is 1. The zero-order chi connectivity index (χ0) is 22.9. The number of hydrogen-bond donors (Lipinski definition) is 0. The lowest BCUT2D eigenvalue weighted by Gasteiger charge is -2.19. The van der Waals surface area contributed by atoms with Crippen molar-refractivity contribution in [1.82, 2.24) is 24.6 Å². The number of rotatable bonds is 2. The highest BCUT2D eigenvalue weighted by Gasteiger charge is 2.60. The van der Waals surface area contributed by atoms with Crippen LogP contribution in [0.15, 0.2) is 41.3 Å². The molecule has 1 fully saturated rings. The quantitative estimate of drug-likeness (QED) is 0.339. The maximum absolute atomic E-state index is 13.6. The highest BCUT2D eigenvalue weighted by atomic mass is 19.4. The fourth-order valence-electron chi connectivity index (χ4n) is 3.64. The summed E-state index contributed by atoms with van der Waals surface area (Å²) in [6, 6.07) is 4.86. The van der Waals surface area contributed by atoms with E-state index in [1.165, 1.54) is 48.8 Å². The minimum Gasteiger partial charge on any atom is -0.422 e. The van der Waals surface area contributed by atoms with Crippen LogP contribution in [0.2, 0.25) is 0 Å². The van der Waals surface area contributed by atoms with E-state index in [0.29, 0.717) is 11.5 Å². The van der Waals surface area contributed by atoms with Crippen LogP contribution in [0.3, 0.4) is 0 Å². The average molecular weight is 453 g/mol. The van der Waals surface area contributed by atoms with Crippen molar-refractivity contribution >= 4 is 16.7 Å². The second kappa shape index (κ2) is 8.44. The van der Waals surface area contributed by atoms with E-state index in [4.69, 9.17) is 4.42 Å². The molecule has 0 unspecified atom stereocenters. The minimum absolute atomic E-state index is 0.0774. The van der Waals surface area contributed by atoms with Crippen molar-refractivity contribution < 1.29 is 26.4 Å². The Morgan fingerprint density at radius 1 is 0.969 bits per heavy atom. The van der Waals surface area contributed by atoms with Crippen molar-refractivity contribution in [3.63, 3.8) is 0 Å². The van der Waals surface area contributed by atoms with Crippen LogP contribution in [0, 0.1) is 5.92 Å². The Kier molecular flexibility index (Phi) is 5.83. The van der Waals surface area contributed by atoms with Crippen molar-refractivity contribution in [1.29, 1.82) is 0 Å². The van der Waals surface area contributed by atoms with Crippen LogP contribution in [0.1, 0.15) is 44.7 Å². The number of fused-ring (bicyclic) bond motifs is 3. The molecule has 1 aliphatic rings. The molecule has 0 amide bonds. The van der Waals surface area contributed by atoms with E-state index in [0.717, 1.165) is 18.4 Å². The Bertz CT molecular complexity index is 1200. The predicted octanol–water partition coefficient (Wildman–Crippen LogP) is 6.17. The summed E-state index contributed by atoms with van der Waals surface area (Å²) in [5, 5.41) is 7.53. The zero-order valence-electron chi connectivity index (χ0n) is 17.1. The summed E-state index contributed by atoms with van der Waals surface area (Å²) in [6.07, 6.45) is 4.14. The molecular weight excluding hydrogens is 433 g/mol. The first-order valence-corrected chi connectivity index (χ1v) is 10.2. The average Bonchev–Trinajstić information content (AvgIpc) is 3.43. The predicted molar refractivity (Wildman–Crippen MR) is 106 cm³/mol. The van der Waals surface area contributed by atoms with E-state index in [1.807, 2.05) is 0 Å². The largest absolute Gasteiger partial charge is 0.459 e. The second-order valence-electron chi connectivity index (χ2n) is 7.86. The van der Waals surface area contributed by atoms with Gasteiger partial charge in [-0.3, -0.25) is 4.40 Å². The summed E-state index contributed by atoms with van der Waals surface area (Å²) >= 11 is 0. The maximum Gasteiger partial charge on any atom is 0.459 e. The molecule has 11 heteroatoms. The van der Waals surface area contributed by atoms with Crippen LogP contribution in [0.4, 0.5) is 22.0 Å². The molecule has 0 saturated heterocycles. The van der Waals surface area contributed by atoms with Gasteiger partial charge in [-0.2, -0.15) is 22.0 Å². The van der Waals surface area contributed by atoms with Gasteiger partial charge in [0.05, 0.1) is 0 Å². The van der Waals surface area contributed by atoms with Gasteiger partial charge in [-0.1, -0.05) is 39.0 Å². The molecule has 6 nitrogen and oxygen atoms in total. The normalized spacial score (nSPS) is 15.7. The fraction of sp³-hybridized carbons (Fsp3) is 0.429. The molecule has 0 aliphatic heterocycles. The van der Waals surface area contributed by atoms with E-state index >= 15 is 0 Å². The number of pyridine rings is 2. The molecule has 0 bridgehead atoms. The fourth-order valence-corrected chi connectivity index (χ4v) is 3.64. The Morgan fingerprint density at radius 3 is 2.28 bits per heavy atom. The molecule has 0 spiro atoms. The first-order valence-electron chi connectivity index (χ1n) is 10.2. The molecule has 0 atom stereocenters. The number of aromatic nitrogens is 5. The third kappa shape index (κ3) is 4.28. The van der Waals surface area contributed by atoms with Crippen LogP contribution >= 0.6 is 0 Å². The van der Waals surface area contributed by atoms with Crippen LogP contribution in [0.5, 0.6) is 0 Å². The van der Waals surface area contributed by atoms with Gasteiger partial charge in [-0.05, 0) is 30.2 Å². The highest BCUT2D eigenvalue weighted by Crippen LogP contribution is 2.43. The summed E-state index contributed by atoms with van der Waals surface area (Å²) < 4.78 is 71.2. The lowest BCUT2D eigenvalue weighted by atomic mass is 9.91. The Morgan fingerprint density at radius 2 is 1.69 bits per heavy atom. The molecule has 4 aromatic heterocycles. The van der Waals surface area contributed by atoms with Crippen LogP contribution < -0.4 is 0 Å². The number of nitrogens with zero attached hydrogens (tertiary/aromatic N) is 5. The van der Waals surface area contributed by atoms with Gasteiger partial charge in [-0.15, -0.1) is 10.2 Å². The SMILES string of the molecule is CC1CCCCC1.FC(F)(F)C(F)(F)c1ccc2ccc3nc(-c4nnco4)cn3c2n1. The van der Waals surface area contributed by atoms with Gasteiger partial charge < -0.3 is 4.42 Å². The molecule has 1 aliphatic carbocycles. The monoisotopic (exact) mass is 453 g/mol. The van der Waals surface area contributed by atoms with E-state index in [-0.39, 0.29) is 22.9 Å². The van der Waals surface area contributed by atoms with Gasteiger partial charge >= 0.3 is 12.1 Å². The van der Waals surface area contributed by atoms with Crippen molar-refractivity contribution in [3.8, 4) is 11.6 Å². The van der Waals surface area contributed by atoms with Gasteiger partial charge in [0.15, 0.2) is 0 Å². The van der Waals surface area contributed by atoms with Crippen LogP contribution in [0.25, 0.3) is 28.3 Å². The highest BCUT2D eigenvalue weighted by molar-refractivity contribution is 5.79.